The average molecular weight is 453 g/mol. The predicted octanol–water partition coefficient (Wildman–Crippen LogP) is 3.38. The third-order valence-corrected chi connectivity index (χ3v) is 7.11. The topological polar surface area (TPSA) is 61.8 Å². The van der Waals surface area contributed by atoms with Crippen LogP contribution < -0.4 is 10.1 Å². The first-order valence-electron chi connectivity index (χ1n) is 10.5. The van der Waals surface area contributed by atoms with E-state index in [-0.39, 0.29) is 11.9 Å². The number of nitrogens with one attached hydrogen (secondary N) is 1. The van der Waals surface area contributed by atoms with Crippen LogP contribution in [-0.4, -0.2) is 55.3 Å². The molecule has 3 rings (SSSR count). The highest BCUT2D eigenvalue weighted by atomic mass is 79.9. The fourth-order valence-electron chi connectivity index (χ4n) is 4.66. The molecule has 5 nitrogen and oxygen atoms in total. The second-order valence-electron chi connectivity index (χ2n) is 8.35. The Hall–Kier alpha value is -1.11. The van der Waals surface area contributed by atoms with Crippen molar-refractivity contribution in [3.05, 3.63) is 28.2 Å². The smallest absolute Gasteiger partial charge is 0.245 e. The molecule has 2 N–H and O–H groups in total. The molecule has 0 aromatic heterocycles. The quantitative estimate of drug-likeness (QED) is 0.634. The summed E-state index contributed by atoms with van der Waals surface area (Å²) in [6, 6.07) is 6.49. The van der Waals surface area contributed by atoms with E-state index in [4.69, 9.17) is 9.84 Å². The zero-order valence-electron chi connectivity index (χ0n) is 16.8. The predicted molar refractivity (Wildman–Crippen MR) is 115 cm³/mol. The van der Waals surface area contributed by atoms with Crippen LogP contribution in [0.15, 0.2) is 22.7 Å². The van der Waals surface area contributed by atoms with Crippen LogP contribution in [0.1, 0.15) is 44.1 Å². The van der Waals surface area contributed by atoms with E-state index in [0.717, 1.165) is 30.9 Å². The molecule has 1 saturated carbocycles. The van der Waals surface area contributed by atoms with Crippen molar-refractivity contribution in [3.8, 4) is 5.75 Å². The first-order chi connectivity index (χ1) is 13.6. The molecule has 2 aliphatic rings. The van der Waals surface area contributed by atoms with Crippen molar-refractivity contribution < 1.29 is 14.6 Å². The van der Waals surface area contributed by atoms with Crippen molar-refractivity contribution in [2.75, 3.05) is 33.4 Å². The zero-order valence-corrected chi connectivity index (χ0v) is 18.4. The van der Waals surface area contributed by atoms with Gasteiger partial charge >= 0.3 is 0 Å². The van der Waals surface area contributed by atoms with Gasteiger partial charge in [-0.1, -0.05) is 15.9 Å². The number of carbonyl (C=O) groups excluding carboxylic acids is 1. The Balaban J connectivity index is 1.37. The molecule has 1 saturated heterocycles. The number of benzene rings is 1. The highest BCUT2D eigenvalue weighted by Gasteiger charge is 2.26. The van der Waals surface area contributed by atoms with Gasteiger partial charge in [-0.2, -0.15) is 0 Å². The maximum Gasteiger partial charge on any atom is 0.245 e. The molecule has 1 unspecified atom stereocenters. The number of halogens is 1. The van der Waals surface area contributed by atoms with E-state index in [2.05, 4.69) is 38.3 Å². The van der Waals surface area contributed by atoms with Gasteiger partial charge < -0.3 is 20.1 Å². The molecule has 1 atom stereocenters. The fraction of sp³-hybridized carbons (Fsp3) is 0.682. The molecule has 1 aliphatic heterocycles. The lowest BCUT2D eigenvalue weighted by molar-refractivity contribution is -0.124. The maximum absolute atomic E-state index is 11.3. The Kier molecular flexibility index (Phi) is 8.18. The summed E-state index contributed by atoms with van der Waals surface area (Å²) in [5.41, 5.74) is 1.34. The van der Waals surface area contributed by atoms with Crippen molar-refractivity contribution in [1.29, 1.82) is 0 Å². The van der Waals surface area contributed by atoms with Crippen molar-refractivity contribution in [2.45, 2.75) is 51.0 Å². The molecule has 1 aliphatic carbocycles. The summed E-state index contributed by atoms with van der Waals surface area (Å²) in [6.45, 7) is 3.18. The van der Waals surface area contributed by atoms with Crippen LogP contribution in [0.2, 0.25) is 0 Å². The van der Waals surface area contributed by atoms with Crippen LogP contribution in [-0.2, 0) is 11.2 Å². The first kappa shape index (κ1) is 21.6. The Morgan fingerprint density at radius 3 is 2.75 bits per heavy atom. The number of nitrogens with zero attached hydrogens (tertiary/aromatic N) is 1. The van der Waals surface area contributed by atoms with E-state index in [1.807, 2.05) is 6.07 Å². The number of amides is 1. The average Bonchev–Trinajstić information content (AvgIpc) is 3.16. The second-order valence-corrected chi connectivity index (χ2v) is 9.20. The molecule has 0 radical (unpaired) electrons. The second kappa shape index (κ2) is 10.6. The van der Waals surface area contributed by atoms with E-state index in [1.165, 1.54) is 55.4 Å². The van der Waals surface area contributed by atoms with Crippen LogP contribution in [0, 0.1) is 11.8 Å². The Morgan fingerprint density at radius 2 is 2.04 bits per heavy atom. The van der Waals surface area contributed by atoms with Gasteiger partial charge in [0, 0.05) is 17.1 Å². The number of rotatable bonds is 8. The van der Waals surface area contributed by atoms with Crippen molar-refractivity contribution in [1.82, 2.24) is 10.2 Å². The molecule has 0 spiro atoms. The van der Waals surface area contributed by atoms with Crippen LogP contribution in [0.25, 0.3) is 0 Å². The van der Waals surface area contributed by atoms with Crippen LogP contribution in [0.3, 0.4) is 0 Å². The number of ether oxygens (including phenoxy) is 1. The van der Waals surface area contributed by atoms with E-state index >= 15 is 0 Å². The van der Waals surface area contributed by atoms with Gasteiger partial charge in [-0.15, -0.1) is 0 Å². The van der Waals surface area contributed by atoms with Gasteiger partial charge in [0.05, 0.1) is 7.11 Å². The van der Waals surface area contributed by atoms with Gasteiger partial charge in [-0.05, 0) is 93.6 Å². The minimum Gasteiger partial charge on any atom is -0.497 e. The molecule has 1 aromatic carbocycles. The normalized spacial score (nSPS) is 25.6. The Bertz CT molecular complexity index is 647. The maximum atomic E-state index is 11.3. The van der Waals surface area contributed by atoms with E-state index < -0.39 is 6.61 Å². The van der Waals surface area contributed by atoms with Crippen molar-refractivity contribution in [2.24, 2.45) is 11.8 Å². The third-order valence-electron chi connectivity index (χ3n) is 6.34. The molecular formula is C22H33BrN2O3. The summed E-state index contributed by atoms with van der Waals surface area (Å²) < 4.78 is 6.55. The highest BCUT2D eigenvalue weighted by Crippen LogP contribution is 2.30. The van der Waals surface area contributed by atoms with Gasteiger partial charge in [0.1, 0.15) is 12.4 Å². The van der Waals surface area contributed by atoms with E-state index in [9.17, 15) is 4.79 Å². The molecule has 1 amide bonds. The minimum absolute atomic E-state index is 0.241. The number of methoxy groups -OCH3 is 1. The molecule has 0 bridgehead atoms. The molecule has 1 aromatic rings. The molecule has 28 heavy (non-hydrogen) atoms. The first-order valence-corrected chi connectivity index (χ1v) is 11.3. The number of hydrogen-bond acceptors (Lipinski definition) is 4. The summed E-state index contributed by atoms with van der Waals surface area (Å²) in [5.74, 6) is 2.18. The van der Waals surface area contributed by atoms with Crippen molar-refractivity contribution >= 4 is 21.8 Å². The van der Waals surface area contributed by atoms with Gasteiger partial charge in [-0.3, -0.25) is 4.79 Å². The molecule has 156 valence electrons. The van der Waals surface area contributed by atoms with Gasteiger partial charge in [0.2, 0.25) is 5.91 Å². The lowest BCUT2D eigenvalue weighted by Gasteiger charge is -2.30. The lowest BCUT2D eigenvalue weighted by atomic mass is 9.84. The van der Waals surface area contributed by atoms with Gasteiger partial charge in [0.15, 0.2) is 0 Å². The summed E-state index contributed by atoms with van der Waals surface area (Å²) >= 11 is 3.68. The van der Waals surface area contributed by atoms with Crippen LogP contribution >= 0.6 is 15.9 Å². The van der Waals surface area contributed by atoms with Gasteiger partial charge in [0.25, 0.3) is 0 Å². The van der Waals surface area contributed by atoms with Crippen LogP contribution in [0.4, 0.5) is 0 Å². The van der Waals surface area contributed by atoms with Crippen LogP contribution in [0.5, 0.6) is 5.75 Å². The standard InChI is InChI=1S/C22H33BrN2O3/c1-28-20-6-7-21(23)18(13-20)12-17-9-11-25(14-17)10-8-16-2-4-19(5-3-16)24-22(27)15-26/h6-7,13,16-17,19,26H,2-5,8-12,14-15H2,1H3,(H,24,27)/t16-,17?,19-. The number of hydrogen-bond donors (Lipinski definition) is 2. The SMILES string of the molecule is COc1ccc(Br)c(CC2CCN(CC[C@H]3CC[C@H](NC(=O)CO)CC3)C2)c1. The summed E-state index contributed by atoms with van der Waals surface area (Å²) in [5, 5.41) is 11.8. The highest BCUT2D eigenvalue weighted by molar-refractivity contribution is 9.10. The molecule has 6 heteroatoms. The molecular weight excluding hydrogens is 420 g/mol. The van der Waals surface area contributed by atoms with E-state index in [0.29, 0.717) is 5.92 Å². The van der Waals surface area contributed by atoms with Crippen molar-refractivity contribution in [3.63, 3.8) is 0 Å². The third kappa shape index (κ3) is 6.19. The summed E-state index contributed by atoms with van der Waals surface area (Å²) in [4.78, 5) is 13.9. The fourth-order valence-corrected chi connectivity index (χ4v) is 5.07. The molecule has 2 fully saturated rings. The number of carbonyl (C=O) groups is 1. The monoisotopic (exact) mass is 452 g/mol. The Morgan fingerprint density at radius 1 is 1.25 bits per heavy atom. The molecule has 1 heterocycles. The van der Waals surface area contributed by atoms with E-state index in [1.54, 1.807) is 7.11 Å². The summed E-state index contributed by atoms with van der Waals surface area (Å²) in [7, 11) is 1.72. The zero-order chi connectivity index (χ0) is 19.9. The van der Waals surface area contributed by atoms with Gasteiger partial charge in [-0.25, -0.2) is 0 Å². The number of aliphatic hydroxyl groups excluding tert-OH is 1. The largest absolute Gasteiger partial charge is 0.497 e. The minimum atomic E-state index is -0.400. The lowest BCUT2D eigenvalue weighted by Crippen LogP contribution is -2.39. The number of aliphatic hydroxyl groups is 1. The number of likely N-dealkylation sites (tertiary alicyclic amines) is 1. The summed E-state index contributed by atoms with van der Waals surface area (Å²) in [6.07, 6.45) is 8.09. The Labute approximate surface area is 177 Å².